The van der Waals surface area contributed by atoms with Gasteiger partial charge in [0.1, 0.15) is 5.75 Å². The van der Waals surface area contributed by atoms with Crippen molar-refractivity contribution in [3.8, 4) is 5.75 Å². The van der Waals surface area contributed by atoms with Gasteiger partial charge in [0.25, 0.3) is 0 Å². The predicted molar refractivity (Wildman–Crippen MR) is 92.1 cm³/mol. The summed E-state index contributed by atoms with van der Waals surface area (Å²) in [5.41, 5.74) is 2.17. The topological polar surface area (TPSA) is 21.3 Å². The smallest absolute Gasteiger partial charge is 0.119 e. The fourth-order valence-electron chi connectivity index (χ4n) is 2.14. The first kappa shape index (κ1) is 16.6. The third-order valence-electron chi connectivity index (χ3n) is 3.09. The van der Waals surface area contributed by atoms with Crippen LogP contribution in [0.5, 0.6) is 5.75 Å². The van der Waals surface area contributed by atoms with Crippen molar-refractivity contribution in [2.45, 2.75) is 26.3 Å². The summed E-state index contributed by atoms with van der Waals surface area (Å²) in [5.74, 6) is 0.894. The Balaban J connectivity index is 2.24. The van der Waals surface area contributed by atoms with E-state index in [1.54, 1.807) is 0 Å². The molecule has 2 rings (SSSR count). The Kier molecular flexibility index (Phi) is 6.37. The Morgan fingerprint density at radius 2 is 1.90 bits per heavy atom. The zero-order chi connectivity index (χ0) is 15.2. The maximum atomic E-state index is 6.29. The second kappa shape index (κ2) is 8.04. The Labute approximate surface area is 140 Å². The van der Waals surface area contributed by atoms with Gasteiger partial charge in [-0.05, 0) is 36.7 Å². The molecule has 0 fully saturated rings. The van der Waals surface area contributed by atoms with E-state index >= 15 is 0 Å². The van der Waals surface area contributed by atoms with E-state index < -0.39 is 0 Å². The van der Waals surface area contributed by atoms with Gasteiger partial charge >= 0.3 is 0 Å². The lowest BCUT2D eigenvalue weighted by molar-refractivity contribution is 0.317. The van der Waals surface area contributed by atoms with Gasteiger partial charge < -0.3 is 10.1 Å². The van der Waals surface area contributed by atoms with E-state index in [-0.39, 0.29) is 6.04 Å². The monoisotopic (exact) mass is 343 g/mol. The molecule has 21 heavy (non-hydrogen) atoms. The van der Waals surface area contributed by atoms with Crippen LogP contribution < -0.4 is 10.1 Å². The lowest BCUT2D eigenvalue weighted by Gasteiger charge is -2.18. The molecule has 1 N–H and O–H groups in total. The molecule has 0 aliphatic carbocycles. The summed E-state index contributed by atoms with van der Waals surface area (Å²) in [4.78, 5) is 0. The molecule has 2 nitrogen and oxygen atoms in total. The van der Waals surface area contributed by atoms with E-state index in [1.807, 2.05) is 18.2 Å². The second-order valence-corrected chi connectivity index (χ2v) is 6.97. The van der Waals surface area contributed by atoms with Gasteiger partial charge in [0.15, 0.2) is 0 Å². The van der Waals surface area contributed by atoms with Gasteiger partial charge in [0.05, 0.1) is 21.3 Å². The molecule has 0 aliphatic rings. The first-order valence-electron chi connectivity index (χ1n) is 7.06. The minimum absolute atomic E-state index is 0.0477. The van der Waals surface area contributed by atoms with E-state index in [1.165, 1.54) is 11.3 Å². The van der Waals surface area contributed by atoms with Gasteiger partial charge in [-0.25, -0.2) is 0 Å². The SMILES string of the molecule is CCCOc1ccc(C(NCC)c2cc(Cl)sc2Cl)cc1. The number of halogens is 2. The highest BCUT2D eigenvalue weighted by atomic mass is 35.5. The summed E-state index contributed by atoms with van der Waals surface area (Å²) in [6.45, 7) is 5.76. The van der Waals surface area contributed by atoms with E-state index in [9.17, 15) is 0 Å². The third kappa shape index (κ3) is 4.36. The first-order valence-corrected chi connectivity index (χ1v) is 8.63. The van der Waals surface area contributed by atoms with Gasteiger partial charge in [-0.3, -0.25) is 0 Å². The van der Waals surface area contributed by atoms with E-state index in [2.05, 4.69) is 31.3 Å². The molecular weight excluding hydrogens is 325 g/mol. The largest absolute Gasteiger partial charge is 0.494 e. The lowest BCUT2D eigenvalue weighted by Crippen LogP contribution is -2.21. The van der Waals surface area contributed by atoms with Crippen LogP contribution in [0.15, 0.2) is 30.3 Å². The van der Waals surface area contributed by atoms with E-state index in [0.29, 0.717) is 4.34 Å². The predicted octanol–water partition coefficient (Wildman–Crippen LogP) is 5.54. The highest BCUT2D eigenvalue weighted by molar-refractivity contribution is 7.20. The van der Waals surface area contributed by atoms with Crippen LogP contribution in [0.4, 0.5) is 0 Å². The molecule has 0 radical (unpaired) electrons. The number of hydrogen-bond donors (Lipinski definition) is 1. The summed E-state index contributed by atoms with van der Waals surface area (Å²) in [6.07, 6.45) is 1.00. The van der Waals surface area contributed by atoms with Crippen LogP contribution in [0, 0.1) is 0 Å². The standard InChI is InChI=1S/C16H19Cl2NOS/c1-3-9-20-12-7-5-11(6-8-12)15(19-4-2)13-10-14(17)21-16(13)18/h5-8,10,15,19H,3-4,9H2,1-2H3. The van der Waals surface area contributed by atoms with Crippen LogP contribution in [0.3, 0.4) is 0 Å². The first-order chi connectivity index (χ1) is 10.2. The second-order valence-electron chi connectivity index (χ2n) is 4.69. The third-order valence-corrected chi connectivity index (χ3v) is 4.61. The molecule has 1 atom stereocenters. The number of benzene rings is 1. The highest BCUT2D eigenvalue weighted by Gasteiger charge is 2.18. The maximum Gasteiger partial charge on any atom is 0.119 e. The van der Waals surface area contributed by atoms with Crippen LogP contribution in [-0.4, -0.2) is 13.2 Å². The molecule has 1 unspecified atom stereocenters. The molecule has 1 aromatic carbocycles. The van der Waals surface area contributed by atoms with Crippen LogP contribution in [0.1, 0.15) is 37.4 Å². The Morgan fingerprint density at radius 1 is 1.19 bits per heavy atom. The molecule has 0 aliphatic heterocycles. The van der Waals surface area contributed by atoms with Crippen LogP contribution in [-0.2, 0) is 0 Å². The average molecular weight is 344 g/mol. The summed E-state index contributed by atoms with van der Waals surface area (Å²) < 4.78 is 7.06. The van der Waals surface area contributed by atoms with Crippen molar-refractivity contribution in [2.24, 2.45) is 0 Å². The fourth-order valence-corrected chi connectivity index (χ4v) is 3.67. The van der Waals surface area contributed by atoms with Crippen LogP contribution >= 0.6 is 34.5 Å². The van der Waals surface area contributed by atoms with Gasteiger partial charge in [0, 0.05) is 5.56 Å². The van der Waals surface area contributed by atoms with Crippen molar-refractivity contribution in [3.05, 3.63) is 50.1 Å². The molecule has 0 amide bonds. The van der Waals surface area contributed by atoms with Crippen molar-refractivity contribution < 1.29 is 4.74 Å². The normalized spacial score (nSPS) is 12.4. The summed E-state index contributed by atoms with van der Waals surface area (Å²) in [6, 6.07) is 10.1. The highest BCUT2D eigenvalue weighted by Crippen LogP contribution is 2.37. The molecule has 5 heteroatoms. The van der Waals surface area contributed by atoms with E-state index in [0.717, 1.165) is 40.8 Å². The van der Waals surface area contributed by atoms with Gasteiger partial charge in [0.2, 0.25) is 0 Å². The fraction of sp³-hybridized carbons (Fsp3) is 0.375. The lowest BCUT2D eigenvalue weighted by atomic mass is 10.0. The zero-order valence-electron chi connectivity index (χ0n) is 12.2. The minimum Gasteiger partial charge on any atom is -0.494 e. The number of nitrogens with one attached hydrogen (secondary N) is 1. The number of hydrogen-bond acceptors (Lipinski definition) is 3. The average Bonchev–Trinajstić information content (AvgIpc) is 2.82. The summed E-state index contributed by atoms with van der Waals surface area (Å²) in [5, 5.41) is 3.45. The van der Waals surface area contributed by atoms with Crippen LogP contribution in [0.25, 0.3) is 0 Å². The molecular formula is C16H19Cl2NOS. The van der Waals surface area contributed by atoms with Crippen molar-refractivity contribution in [1.82, 2.24) is 5.32 Å². The Bertz CT molecular complexity index is 568. The summed E-state index contributed by atoms with van der Waals surface area (Å²) in [7, 11) is 0. The summed E-state index contributed by atoms with van der Waals surface area (Å²) >= 11 is 13.8. The van der Waals surface area contributed by atoms with Crippen molar-refractivity contribution in [1.29, 1.82) is 0 Å². The number of ether oxygens (including phenoxy) is 1. The number of thiophene rings is 1. The molecule has 0 spiro atoms. The van der Waals surface area contributed by atoms with E-state index in [4.69, 9.17) is 27.9 Å². The maximum absolute atomic E-state index is 6.29. The van der Waals surface area contributed by atoms with Gasteiger partial charge in [-0.1, -0.05) is 49.2 Å². The zero-order valence-corrected chi connectivity index (χ0v) is 14.5. The van der Waals surface area contributed by atoms with Crippen molar-refractivity contribution in [3.63, 3.8) is 0 Å². The molecule has 0 saturated heterocycles. The molecule has 0 bridgehead atoms. The quantitative estimate of drug-likeness (QED) is 0.712. The van der Waals surface area contributed by atoms with Gasteiger partial charge in [-0.15, -0.1) is 11.3 Å². The number of rotatable bonds is 7. The molecule has 1 heterocycles. The minimum atomic E-state index is 0.0477. The molecule has 2 aromatic rings. The Hall–Kier alpha value is -0.740. The van der Waals surface area contributed by atoms with Gasteiger partial charge in [-0.2, -0.15) is 0 Å². The molecule has 0 saturated carbocycles. The molecule has 114 valence electrons. The van der Waals surface area contributed by atoms with Crippen molar-refractivity contribution >= 4 is 34.5 Å². The van der Waals surface area contributed by atoms with Crippen LogP contribution in [0.2, 0.25) is 8.67 Å². The Morgan fingerprint density at radius 3 is 2.43 bits per heavy atom. The molecule has 1 aromatic heterocycles. The van der Waals surface area contributed by atoms with Crippen molar-refractivity contribution in [2.75, 3.05) is 13.2 Å².